The average Bonchev–Trinajstić information content (AvgIpc) is 3.16. The summed E-state index contributed by atoms with van der Waals surface area (Å²) in [5.74, 6) is 0.0417. The lowest BCUT2D eigenvalue weighted by molar-refractivity contribution is 0.104. The Labute approximate surface area is 160 Å². The molecule has 3 nitrogen and oxygen atoms in total. The van der Waals surface area contributed by atoms with Crippen LogP contribution < -0.4 is 0 Å². The Morgan fingerprint density at radius 1 is 1.27 bits per heavy atom. The fraction of sp³-hybridized carbons (Fsp3) is 0.409. The lowest BCUT2D eigenvalue weighted by Crippen LogP contribution is -2.19. The van der Waals surface area contributed by atoms with Gasteiger partial charge in [-0.25, -0.2) is 0 Å². The molecular weight excluding hydrogens is 342 g/mol. The third-order valence-electron chi connectivity index (χ3n) is 4.61. The van der Waals surface area contributed by atoms with Gasteiger partial charge < -0.3 is 9.32 Å². The second-order valence-corrected chi connectivity index (χ2v) is 8.82. The highest BCUT2D eigenvalue weighted by molar-refractivity contribution is 8.07. The summed E-state index contributed by atoms with van der Waals surface area (Å²) in [7, 11) is 0. The number of rotatable bonds is 5. The minimum Gasteiger partial charge on any atom is -0.464 e. The summed E-state index contributed by atoms with van der Waals surface area (Å²) in [5, 5.41) is 2.00. The van der Waals surface area contributed by atoms with Crippen LogP contribution in [0.3, 0.4) is 0 Å². The molecule has 1 aliphatic rings. The number of fused-ring (bicyclic) bond motifs is 1. The highest BCUT2D eigenvalue weighted by Crippen LogP contribution is 2.49. The highest BCUT2D eigenvalue weighted by Gasteiger charge is 2.32. The van der Waals surface area contributed by atoms with E-state index in [4.69, 9.17) is 4.42 Å². The minimum atomic E-state index is 0.0417. The number of hydrogen-bond donors (Lipinski definition) is 0. The van der Waals surface area contributed by atoms with E-state index >= 15 is 0 Å². The summed E-state index contributed by atoms with van der Waals surface area (Å²) in [4.78, 5) is 16.5. The Morgan fingerprint density at radius 2 is 2.04 bits per heavy atom. The molecule has 0 aliphatic carbocycles. The third-order valence-corrected chi connectivity index (χ3v) is 6.27. The molecule has 1 aliphatic heterocycles. The summed E-state index contributed by atoms with van der Waals surface area (Å²) < 4.78 is 5.37. The normalized spacial score (nSPS) is 17.0. The molecule has 0 saturated carbocycles. The van der Waals surface area contributed by atoms with Gasteiger partial charge in [0.05, 0.1) is 11.3 Å². The van der Waals surface area contributed by atoms with Crippen LogP contribution in [0.1, 0.15) is 57.8 Å². The molecule has 26 heavy (non-hydrogen) atoms. The van der Waals surface area contributed by atoms with E-state index in [1.165, 1.54) is 10.6 Å². The summed E-state index contributed by atoms with van der Waals surface area (Å²) in [6.45, 7) is 12.0. The van der Waals surface area contributed by atoms with Crippen molar-refractivity contribution in [2.45, 2.75) is 47.5 Å². The van der Waals surface area contributed by atoms with Crippen molar-refractivity contribution in [1.82, 2.24) is 4.90 Å². The van der Waals surface area contributed by atoms with Crippen LogP contribution in [0.5, 0.6) is 0 Å². The van der Waals surface area contributed by atoms with E-state index in [1.807, 2.05) is 24.3 Å². The van der Waals surface area contributed by atoms with Crippen molar-refractivity contribution in [3.05, 3.63) is 57.8 Å². The van der Waals surface area contributed by atoms with Crippen molar-refractivity contribution < 1.29 is 9.21 Å². The summed E-state index contributed by atoms with van der Waals surface area (Å²) in [5.41, 5.74) is 2.86. The van der Waals surface area contributed by atoms with Gasteiger partial charge in [0.15, 0.2) is 5.78 Å². The molecule has 0 atom stereocenters. The predicted octanol–water partition coefficient (Wildman–Crippen LogP) is 6.58. The molecule has 0 unspecified atom stereocenters. The molecule has 1 aromatic carbocycles. The molecule has 1 aromatic heterocycles. The van der Waals surface area contributed by atoms with Crippen LogP contribution in [0.15, 0.2) is 56.7 Å². The standard InChI is InChI=1S/C22H27NO2S/c1-6-7-11-23-15(2)21(22(3,4)5)26-20(23)14-18(24)16-8-9-19-17(13-16)10-12-25-19/h8-10,12-14H,6-7,11H2,1-5H3/b20-14-. The molecule has 0 spiro atoms. The molecule has 0 N–H and O–H groups in total. The number of unbranched alkanes of at least 4 members (excludes halogenated alkanes) is 1. The zero-order valence-electron chi connectivity index (χ0n) is 16.3. The molecular formula is C22H27NO2S. The van der Waals surface area contributed by atoms with Gasteiger partial charge in [-0.3, -0.25) is 4.79 Å². The number of benzene rings is 1. The van der Waals surface area contributed by atoms with Crippen LogP contribution >= 0.6 is 11.8 Å². The van der Waals surface area contributed by atoms with Gasteiger partial charge in [0.2, 0.25) is 0 Å². The maximum absolute atomic E-state index is 12.9. The van der Waals surface area contributed by atoms with Crippen molar-refractivity contribution in [2.75, 3.05) is 6.54 Å². The quantitative estimate of drug-likeness (QED) is 0.440. The van der Waals surface area contributed by atoms with Gasteiger partial charge in [-0.1, -0.05) is 45.9 Å². The number of thioether (sulfide) groups is 1. The van der Waals surface area contributed by atoms with Crippen molar-refractivity contribution in [1.29, 1.82) is 0 Å². The third kappa shape index (κ3) is 3.75. The second kappa shape index (κ2) is 7.36. The Balaban J connectivity index is 1.91. The van der Waals surface area contributed by atoms with Crippen LogP contribution in [-0.2, 0) is 0 Å². The van der Waals surface area contributed by atoms with Crippen molar-refractivity contribution in [3.8, 4) is 0 Å². The zero-order valence-corrected chi connectivity index (χ0v) is 17.1. The number of furan rings is 1. The average molecular weight is 370 g/mol. The predicted molar refractivity (Wildman–Crippen MR) is 110 cm³/mol. The maximum atomic E-state index is 12.9. The lowest BCUT2D eigenvalue weighted by Gasteiger charge is -2.22. The zero-order chi connectivity index (χ0) is 18.9. The van der Waals surface area contributed by atoms with E-state index in [9.17, 15) is 4.79 Å². The van der Waals surface area contributed by atoms with Gasteiger partial charge in [0.1, 0.15) is 5.58 Å². The van der Waals surface area contributed by atoms with Crippen molar-refractivity contribution >= 4 is 28.5 Å². The Kier molecular flexibility index (Phi) is 5.33. The van der Waals surface area contributed by atoms with Crippen molar-refractivity contribution in [3.63, 3.8) is 0 Å². The van der Waals surface area contributed by atoms with Gasteiger partial charge in [-0.05, 0) is 43.0 Å². The molecule has 3 rings (SSSR count). The lowest BCUT2D eigenvalue weighted by atomic mass is 9.94. The van der Waals surface area contributed by atoms with Gasteiger partial charge in [-0.15, -0.1) is 0 Å². The molecule has 138 valence electrons. The van der Waals surface area contributed by atoms with Crippen LogP contribution in [0, 0.1) is 5.41 Å². The number of carbonyl (C=O) groups is 1. The first-order valence-corrected chi connectivity index (χ1v) is 10.0. The molecule has 2 heterocycles. The van der Waals surface area contributed by atoms with Gasteiger partial charge in [-0.2, -0.15) is 0 Å². The van der Waals surface area contributed by atoms with Crippen molar-refractivity contribution in [2.24, 2.45) is 5.41 Å². The first-order chi connectivity index (χ1) is 12.3. The van der Waals surface area contributed by atoms with Gasteiger partial charge in [0.25, 0.3) is 0 Å². The topological polar surface area (TPSA) is 33.5 Å². The Bertz CT molecular complexity index is 883. The number of allylic oxidation sites excluding steroid dienone is 3. The molecule has 4 heteroatoms. The number of ketones is 1. The van der Waals surface area contributed by atoms with E-state index in [2.05, 4.69) is 39.5 Å². The fourth-order valence-corrected chi connectivity index (χ4v) is 4.51. The molecule has 2 aromatic rings. The minimum absolute atomic E-state index is 0.0417. The van der Waals surface area contributed by atoms with Crippen LogP contribution in [0.25, 0.3) is 11.0 Å². The molecule has 0 amide bonds. The Morgan fingerprint density at radius 3 is 2.73 bits per heavy atom. The summed E-state index contributed by atoms with van der Waals surface area (Å²) in [6, 6.07) is 7.49. The van der Waals surface area contributed by atoms with E-state index in [0.29, 0.717) is 5.56 Å². The molecule has 0 saturated heterocycles. The number of nitrogens with zero attached hydrogens (tertiary/aromatic N) is 1. The maximum Gasteiger partial charge on any atom is 0.188 e. The van der Waals surface area contributed by atoms with E-state index in [-0.39, 0.29) is 11.2 Å². The number of hydrogen-bond acceptors (Lipinski definition) is 4. The molecule has 0 fully saturated rings. The summed E-state index contributed by atoms with van der Waals surface area (Å²) >= 11 is 1.74. The largest absolute Gasteiger partial charge is 0.464 e. The highest BCUT2D eigenvalue weighted by atomic mass is 32.2. The van der Waals surface area contributed by atoms with Crippen LogP contribution in [0.2, 0.25) is 0 Å². The van der Waals surface area contributed by atoms with Crippen LogP contribution in [0.4, 0.5) is 0 Å². The van der Waals surface area contributed by atoms with E-state index < -0.39 is 0 Å². The SMILES string of the molecule is CCCCN1C(C)=C(C(C)(C)C)S/C1=C\C(=O)c1ccc2occc2c1. The summed E-state index contributed by atoms with van der Waals surface area (Å²) in [6.07, 6.45) is 5.70. The fourth-order valence-electron chi connectivity index (χ4n) is 3.23. The second-order valence-electron chi connectivity index (χ2n) is 7.79. The van der Waals surface area contributed by atoms with E-state index in [1.54, 1.807) is 24.1 Å². The first-order valence-electron chi connectivity index (χ1n) is 9.21. The Hall–Kier alpha value is -1.94. The first kappa shape index (κ1) is 18.8. The monoisotopic (exact) mass is 369 g/mol. The van der Waals surface area contributed by atoms with Gasteiger partial charge >= 0.3 is 0 Å². The molecule has 0 bridgehead atoms. The smallest absolute Gasteiger partial charge is 0.188 e. The van der Waals surface area contributed by atoms with E-state index in [0.717, 1.165) is 35.4 Å². The number of carbonyl (C=O) groups excluding carboxylic acids is 1. The van der Waals surface area contributed by atoms with Crippen LogP contribution in [-0.4, -0.2) is 17.2 Å². The molecule has 0 radical (unpaired) electrons. The van der Waals surface area contributed by atoms with Gasteiger partial charge in [0, 0.05) is 34.2 Å².